The second-order valence-electron chi connectivity index (χ2n) is 3.98. The first-order chi connectivity index (χ1) is 9.65. The number of nitrogens with one attached hydrogen (secondary N) is 2. The number of anilines is 1. The van der Waals surface area contributed by atoms with Crippen molar-refractivity contribution in [3.05, 3.63) is 60.0 Å². The van der Waals surface area contributed by atoms with Gasteiger partial charge in [0.25, 0.3) is 0 Å². The Morgan fingerprint density at radius 2 is 1.80 bits per heavy atom. The van der Waals surface area contributed by atoms with Gasteiger partial charge in [-0.25, -0.2) is 9.37 Å². The van der Waals surface area contributed by atoms with E-state index in [1.54, 1.807) is 18.2 Å². The van der Waals surface area contributed by atoms with Gasteiger partial charge in [-0.3, -0.25) is 9.59 Å². The van der Waals surface area contributed by atoms with Crippen molar-refractivity contribution in [2.45, 2.75) is 6.54 Å². The van der Waals surface area contributed by atoms with E-state index >= 15 is 0 Å². The fourth-order valence-corrected chi connectivity index (χ4v) is 1.47. The molecule has 6 heteroatoms. The molecule has 0 unspecified atom stereocenters. The number of hydrogen-bond acceptors (Lipinski definition) is 3. The van der Waals surface area contributed by atoms with Gasteiger partial charge in [0, 0.05) is 12.7 Å². The lowest BCUT2D eigenvalue weighted by atomic mass is 10.2. The maximum absolute atomic E-state index is 12.7. The summed E-state index contributed by atoms with van der Waals surface area (Å²) in [6, 6.07) is 10.6. The predicted molar refractivity (Wildman–Crippen MR) is 71.1 cm³/mol. The zero-order chi connectivity index (χ0) is 14.4. The first kappa shape index (κ1) is 13.7. The van der Waals surface area contributed by atoms with Crippen molar-refractivity contribution in [3.63, 3.8) is 0 Å². The smallest absolute Gasteiger partial charge is 0.314 e. The van der Waals surface area contributed by atoms with Crippen LogP contribution in [-0.4, -0.2) is 16.8 Å². The zero-order valence-corrected chi connectivity index (χ0v) is 10.5. The molecule has 2 aromatic rings. The molecule has 1 aromatic heterocycles. The third kappa shape index (κ3) is 3.88. The Kier molecular flexibility index (Phi) is 4.39. The van der Waals surface area contributed by atoms with Gasteiger partial charge in [-0.15, -0.1) is 0 Å². The molecule has 1 aromatic carbocycles. The third-order valence-corrected chi connectivity index (χ3v) is 2.48. The molecule has 0 aliphatic carbocycles. The van der Waals surface area contributed by atoms with Crippen LogP contribution in [0.25, 0.3) is 0 Å². The number of amides is 2. The summed E-state index contributed by atoms with van der Waals surface area (Å²) in [6.45, 7) is 0.148. The van der Waals surface area contributed by atoms with Gasteiger partial charge in [-0.2, -0.15) is 0 Å². The van der Waals surface area contributed by atoms with E-state index in [9.17, 15) is 14.0 Å². The number of nitrogens with zero attached hydrogens (tertiary/aromatic N) is 1. The number of benzene rings is 1. The van der Waals surface area contributed by atoms with E-state index in [4.69, 9.17) is 0 Å². The van der Waals surface area contributed by atoms with Gasteiger partial charge in [0.05, 0.1) is 0 Å². The Hall–Kier alpha value is -2.76. The molecule has 0 spiro atoms. The van der Waals surface area contributed by atoms with E-state index in [0.717, 1.165) is 0 Å². The highest BCUT2D eigenvalue weighted by atomic mass is 19.1. The Bertz CT molecular complexity index is 600. The molecule has 0 aliphatic heterocycles. The average molecular weight is 273 g/mol. The fraction of sp³-hybridized carbons (Fsp3) is 0.0714. The van der Waals surface area contributed by atoms with Gasteiger partial charge in [0.2, 0.25) is 0 Å². The average Bonchev–Trinajstić information content (AvgIpc) is 2.47. The lowest BCUT2D eigenvalue weighted by molar-refractivity contribution is -0.136. The number of rotatable bonds is 3. The van der Waals surface area contributed by atoms with E-state index in [0.29, 0.717) is 11.4 Å². The molecule has 0 saturated carbocycles. The van der Waals surface area contributed by atoms with Crippen molar-refractivity contribution in [2.24, 2.45) is 0 Å². The van der Waals surface area contributed by atoms with Crippen LogP contribution in [-0.2, 0) is 16.1 Å². The monoisotopic (exact) mass is 273 g/mol. The van der Waals surface area contributed by atoms with Gasteiger partial charge >= 0.3 is 11.8 Å². The first-order valence-corrected chi connectivity index (χ1v) is 5.90. The Balaban J connectivity index is 1.85. The molecular formula is C14H12FN3O2. The van der Waals surface area contributed by atoms with Crippen LogP contribution in [0.1, 0.15) is 5.56 Å². The number of aromatic nitrogens is 1. The molecular weight excluding hydrogens is 261 g/mol. The lowest BCUT2D eigenvalue weighted by Gasteiger charge is -2.06. The first-order valence-electron chi connectivity index (χ1n) is 5.90. The molecule has 102 valence electrons. The van der Waals surface area contributed by atoms with Crippen LogP contribution in [0.3, 0.4) is 0 Å². The normalized spacial score (nSPS) is 9.85. The molecule has 20 heavy (non-hydrogen) atoms. The van der Waals surface area contributed by atoms with Crippen LogP contribution in [0.4, 0.5) is 10.2 Å². The summed E-state index contributed by atoms with van der Waals surface area (Å²) < 4.78 is 12.7. The number of carbonyl (C=O) groups is 2. The summed E-state index contributed by atoms with van der Waals surface area (Å²) in [5, 5.41) is 4.80. The third-order valence-electron chi connectivity index (χ3n) is 2.48. The van der Waals surface area contributed by atoms with Gasteiger partial charge in [0.15, 0.2) is 0 Å². The maximum Gasteiger partial charge on any atom is 0.314 e. The summed E-state index contributed by atoms with van der Waals surface area (Å²) in [5.74, 6) is -1.63. The largest absolute Gasteiger partial charge is 0.344 e. The molecule has 2 N–H and O–H groups in total. The van der Waals surface area contributed by atoms with Gasteiger partial charge in [-0.1, -0.05) is 18.2 Å². The van der Waals surface area contributed by atoms with Crippen molar-refractivity contribution in [3.8, 4) is 0 Å². The van der Waals surface area contributed by atoms with Crippen LogP contribution in [0.15, 0.2) is 48.7 Å². The van der Waals surface area contributed by atoms with Crippen molar-refractivity contribution < 1.29 is 14.0 Å². The molecule has 0 fully saturated rings. The summed E-state index contributed by atoms with van der Waals surface area (Å²) in [5.41, 5.74) is 0.699. The second-order valence-corrected chi connectivity index (χ2v) is 3.98. The summed E-state index contributed by atoms with van der Waals surface area (Å²) >= 11 is 0. The van der Waals surface area contributed by atoms with Crippen LogP contribution >= 0.6 is 0 Å². The Morgan fingerprint density at radius 3 is 2.45 bits per heavy atom. The molecule has 0 saturated heterocycles. The van der Waals surface area contributed by atoms with Crippen molar-refractivity contribution in [1.29, 1.82) is 0 Å². The van der Waals surface area contributed by atoms with Crippen LogP contribution in [0.2, 0.25) is 0 Å². The minimum Gasteiger partial charge on any atom is -0.344 e. The fourth-order valence-electron chi connectivity index (χ4n) is 1.47. The molecule has 5 nitrogen and oxygen atoms in total. The number of hydrogen-bond donors (Lipinski definition) is 2. The van der Waals surface area contributed by atoms with Gasteiger partial charge in [0.1, 0.15) is 11.6 Å². The highest BCUT2D eigenvalue weighted by Crippen LogP contribution is 2.02. The SMILES string of the molecule is O=C(NCc1ccc(F)cc1)C(=O)Nc1ccccn1. The summed E-state index contributed by atoms with van der Waals surface area (Å²) in [7, 11) is 0. The minimum atomic E-state index is -0.800. The van der Waals surface area contributed by atoms with Crippen molar-refractivity contribution in [2.75, 3.05) is 5.32 Å². The topological polar surface area (TPSA) is 71.1 Å². The Labute approximate surface area is 114 Å². The number of carbonyl (C=O) groups excluding carboxylic acids is 2. The molecule has 0 aliphatic rings. The maximum atomic E-state index is 12.7. The molecule has 2 rings (SSSR count). The van der Waals surface area contributed by atoms with Gasteiger partial charge < -0.3 is 10.6 Å². The van der Waals surface area contributed by atoms with Crippen LogP contribution < -0.4 is 10.6 Å². The van der Waals surface area contributed by atoms with E-state index in [-0.39, 0.29) is 12.4 Å². The molecule has 2 amide bonds. The standard InChI is InChI=1S/C14H12FN3O2/c15-11-6-4-10(5-7-11)9-17-13(19)14(20)18-12-3-1-2-8-16-12/h1-8H,9H2,(H,17,19)(H,16,18,20). The van der Waals surface area contributed by atoms with Crippen molar-refractivity contribution >= 4 is 17.6 Å². The number of halogens is 1. The zero-order valence-electron chi connectivity index (χ0n) is 10.5. The van der Waals surface area contributed by atoms with E-state index in [1.165, 1.54) is 30.5 Å². The minimum absolute atomic E-state index is 0.148. The molecule has 0 atom stereocenters. The van der Waals surface area contributed by atoms with E-state index < -0.39 is 11.8 Å². The van der Waals surface area contributed by atoms with Crippen LogP contribution in [0, 0.1) is 5.82 Å². The molecule has 1 heterocycles. The van der Waals surface area contributed by atoms with E-state index in [2.05, 4.69) is 15.6 Å². The summed E-state index contributed by atoms with van der Waals surface area (Å²) in [4.78, 5) is 27.0. The highest BCUT2D eigenvalue weighted by Gasteiger charge is 2.13. The van der Waals surface area contributed by atoms with E-state index in [1.807, 2.05) is 0 Å². The van der Waals surface area contributed by atoms with Crippen molar-refractivity contribution in [1.82, 2.24) is 10.3 Å². The molecule has 0 bridgehead atoms. The quantitative estimate of drug-likeness (QED) is 0.832. The number of pyridine rings is 1. The molecule has 0 radical (unpaired) electrons. The second kappa shape index (κ2) is 6.42. The predicted octanol–water partition coefficient (Wildman–Crippen LogP) is 1.48. The highest BCUT2D eigenvalue weighted by molar-refractivity contribution is 6.39. The Morgan fingerprint density at radius 1 is 1.05 bits per heavy atom. The lowest BCUT2D eigenvalue weighted by Crippen LogP contribution is -2.35. The van der Waals surface area contributed by atoms with Gasteiger partial charge in [-0.05, 0) is 29.8 Å². The summed E-state index contributed by atoms with van der Waals surface area (Å²) in [6.07, 6.45) is 1.51. The van der Waals surface area contributed by atoms with Crippen LogP contribution in [0.5, 0.6) is 0 Å².